The lowest BCUT2D eigenvalue weighted by Gasteiger charge is -2.13. The number of rotatable bonds is 6. The number of anilines is 1. The van der Waals surface area contributed by atoms with Crippen LogP contribution >= 0.6 is 0 Å². The molecule has 0 aliphatic rings. The number of aryl methyl sites for hydroxylation is 1. The van der Waals surface area contributed by atoms with Gasteiger partial charge in [-0.05, 0) is 37.1 Å². The van der Waals surface area contributed by atoms with Gasteiger partial charge in [0.2, 0.25) is 0 Å². The number of nitrogens with zero attached hydrogens (tertiary/aromatic N) is 1. The maximum Gasteiger partial charge on any atom is 0.301 e. The van der Waals surface area contributed by atoms with Crippen LogP contribution in [0.2, 0.25) is 0 Å². The van der Waals surface area contributed by atoms with Crippen LogP contribution in [0.1, 0.15) is 12.0 Å². The van der Waals surface area contributed by atoms with Crippen LogP contribution in [0.25, 0.3) is 0 Å². The summed E-state index contributed by atoms with van der Waals surface area (Å²) in [4.78, 5) is 0. The number of benzene rings is 1. The van der Waals surface area contributed by atoms with Gasteiger partial charge < -0.3 is 5.73 Å². The summed E-state index contributed by atoms with van der Waals surface area (Å²) in [6, 6.07) is 7.33. The van der Waals surface area contributed by atoms with Gasteiger partial charge in [0.25, 0.3) is 0 Å². The van der Waals surface area contributed by atoms with Crippen molar-refractivity contribution in [2.75, 3.05) is 25.4 Å². The topological polar surface area (TPSA) is 75.4 Å². The van der Waals surface area contributed by atoms with E-state index in [4.69, 9.17) is 5.73 Å². The number of nitrogens with two attached hydrogens (primary N) is 1. The predicted octanol–water partition coefficient (Wildman–Crippen LogP) is 0.796. The Hall–Kier alpha value is -1.11. The van der Waals surface area contributed by atoms with Gasteiger partial charge in [0.05, 0.1) is 0 Å². The monoisotopic (exact) mass is 257 g/mol. The largest absolute Gasteiger partial charge is 0.330 e. The molecule has 0 aliphatic heterocycles. The molecule has 0 fully saturated rings. The summed E-state index contributed by atoms with van der Waals surface area (Å²) in [6.07, 6.45) is 1.85. The molecular formula is C11H19N3O2S. The van der Waals surface area contributed by atoms with E-state index >= 15 is 0 Å². The third kappa shape index (κ3) is 4.33. The van der Waals surface area contributed by atoms with Crippen molar-refractivity contribution in [3.8, 4) is 0 Å². The van der Waals surface area contributed by atoms with Crippen LogP contribution in [0.15, 0.2) is 24.3 Å². The summed E-state index contributed by atoms with van der Waals surface area (Å²) in [7, 11) is -0.450. The molecule has 0 heterocycles. The van der Waals surface area contributed by atoms with Crippen LogP contribution in [0.4, 0.5) is 5.69 Å². The average molecular weight is 257 g/mol. The summed E-state index contributed by atoms with van der Waals surface area (Å²) in [6.45, 7) is 0.662. The lowest BCUT2D eigenvalue weighted by molar-refractivity contribution is 0.527. The highest BCUT2D eigenvalue weighted by molar-refractivity contribution is 7.90. The Morgan fingerprint density at radius 2 is 1.82 bits per heavy atom. The van der Waals surface area contributed by atoms with E-state index in [2.05, 4.69) is 4.72 Å². The maximum atomic E-state index is 11.6. The lowest BCUT2D eigenvalue weighted by atomic mass is 10.1. The van der Waals surface area contributed by atoms with Crippen LogP contribution in [0.5, 0.6) is 0 Å². The van der Waals surface area contributed by atoms with Gasteiger partial charge in [-0.15, -0.1) is 0 Å². The molecule has 3 N–H and O–H groups in total. The fourth-order valence-electron chi connectivity index (χ4n) is 1.29. The molecule has 0 unspecified atom stereocenters. The van der Waals surface area contributed by atoms with Crippen molar-refractivity contribution in [1.82, 2.24) is 4.31 Å². The van der Waals surface area contributed by atoms with Gasteiger partial charge in [-0.2, -0.15) is 12.7 Å². The fraction of sp³-hybridized carbons (Fsp3) is 0.455. The summed E-state index contributed by atoms with van der Waals surface area (Å²) in [5.41, 5.74) is 7.15. The van der Waals surface area contributed by atoms with Gasteiger partial charge in [0, 0.05) is 19.8 Å². The van der Waals surface area contributed by atoms with E-state index in [-0.39, 0.29) is 0 Å². The standard InChI is InChI=1S/C11H19N3O2S/c1-14(2)17(15,16)13-11-7-5-10(6-8-11)4-3-9-12/h5-8,13H,3-4,9,12H2,1-2H3. The van der Waals surface area contributed by atoms with Crippen molar-refractivity contribution < 1.29 is 8.42 Å². The highest BCUT2D eigenvalue weighted by Gasteiger charge is 2.12. The van der Waals surface area contributed by atoms with Gasteiger partial charge in [-0.25, -0.2) is 0 Å². The minimum Gasteiger partial charge on any atom is -0.330 e. The Morgan fingerprint density at radius 1 is 1.24 bits per heavy atom. The van der Waals surface area contributed by atoms with E-state index < -0.39 is 10.2 Å². The Balaban J connectivity index is 2.69. The van der Waals surface area contributed by atoms with Crippen molar-refractivity contribution in [3.63, 3.8) is 0 Å². The SMILES string of the molecule is CN(C)S(=O)(=O)Nc1ccc(CCCN)cc1. The van der Waals surface area contributed by atoms with E-state index in [1.165, 1.54) is 14.1 Å². The van der Waals surface area contributed by atoms with Crippen molar-refractivity contribution in [2.45, 2.75) is 12.8 Å². The molecule has 1 aromatic rings. The van der Waals surface area contributed by atoms with Crippen LogP contribution in [-0.4, -0.2) is 33.4 Å². The van der Waals surface area contributed by atoms with E-state index in [0.29, 0.717) is 12.2 Å². The molecule has 0 atom stereocenters. The molecule has 1 aromatic carbocycles. The van der Waals surface area contributed by atoms with Crippen molar-refractivity contribution in [1.29, 1.82) is 0 Å². The molecule has 96 valence electrons. The molecule has 0 aromatic heterocycles. The normalized spacial score (nSPS) is 11.8. The lowest BCUT2D eigenvalue weighted by Crippen LogP contribution is -2.28. The summed E-state index contributed by atoms with van der Waals surface area (Å²) >= 11 is 0. The first kappa shape index (κ1) is 14.0. The minimum atomic E-state index is -3.42. The van der Waals surface area contributed by atoms with Crippen molar-refractivity contribution >= 4 is 15.9 Å². The Kier molecular flexibility index (Phi) is 4.92. The molecule has 0 bridgehead atoms. The van der Waals surface area contributed by atoms with Crippen LogP contribution in [0.3, 0.4) is 0 Å². The second-order valence-electron chi connectivity index (χ2n) is 3.98. The molecule has 5 nitrogen and oxygen atoms in total. The summed E-state index contributed by atoms with van der Waals surface area (Å²) in [5, 5.41) is 0. The fourth-order valence-corrected chi connectivity index (χ4v) is 1.90. The van der Waals surface area contributed by atoms with E-state index in [1.807, 2.05) is 12.1 Å². The first-order valence-electron chi connectivity index (χ1n) is 5.45. The predicted molar refractivity (Wildman–Crippen MR) is 70.0 cm³/mol. The summed E-state index contributed by atoms with van der Waals surface area (Å²) < 4.78 is 26.7. The molecule has 1 rings (SSSR count). The highest BCUT2D eigenvalue weighted by atomic mass is 32.2. The molecule has 0 amide bonds. The van der Waals surface area contributed by atoms with E-state index in [9.17, 15) is 8.42 Å². The number of hydrogen-bond donors (Lipinski definition) is 2. The van der Waals surface area contributed by atoms with Gasteiger partial charge in [-0.1, -0.05) is 12.1 Å². The van der Waals surface area contributed by atoms with Crippen LogP contribution < -0.4 is 10.5 Å². The van der Waals surface area contributed by atoms with Gasteiger partial charge in [-0.3, -0.25) is 4.72 Å². The Labute approximate surface area is 103 Å². The molecule has 0 spiro atoms. The number of nitrogens with one attached hydrogen (secondary N) is 1. The average Bonchev–Trinajstić information content (AvgIpc) is 2.27. The molecule has 0 aliphatic carbocycles. The summed E-state index contributed by atoms with van der Waals surface area (Å²) in [5.74, 6) is 0. The van der Waals surface area contributed by atoms with E-state index in [0.717, 1.165) is 22.7 Å². The molecule has 0 radical (unpaired) electrons. The highest BCUT2D eigenvalue weighted by Crippen LogP contribution is 2.13. The van der Waals surface area contributed by atoms with Gasteiger partial charge in [0.1, 0.15) is 0 Å². The van der Waals surface area contributed by atoms with Crippen molar-refractivity contribution in [2.24, 2.45) is 5.73 Å². The van der Waals surface area contributed by atoms with Crippen LogP contribution in [0, 0.1) is 0 Å². The maximum absolute atomic E-state index is 11.6. The van der Waals surface area contributed by atoms with Crippen LogP contribution in [-0.2, 0) is 16.6 Å². The minimum absolute atomic E-state index is 0.565. The van der Waals surface area contributed by atoms with Gasteiger partial charge in [0.15, 0.2) is 0 Å². The first-order valence-corrected chi connectivity index (χ1v) is 6.89. The molecular weight excluding hydrogens is 238 g/mol. The Morgan fingerprint density at radius 3 is 2.29 bits per heavy atom. The smallest absolute Gasteiger partial charge is 0.301 e. The third-order valence-electron chi connectivity index (χ3n) is 2.35. The second kappa shape index (κ2) is 6.00. The molecule has 17 heavy (non-hydrogen) atoms. The molecule has 0 saturated heterocycles. The molecule has 0 saturated carbocycles. The van der Waals surface area contributed by atoms with Crippen molar-refractivity contribution in [3.05, 3.63) is 29.8 Å². The second-order valence-corrected chi connectivity index (χ2v) is 5.86. The third-order valence-corrected chi connectivity index (χ3v) is 3.81. The Bertz CT molecular complexity index is 440. The quantitative estimate of drug-likeness (QED) is 0.791. The number of hydrogen-bond acceptors (Lipinski definition) is 3. The zero-order chi connectivity index (χ0) is 12.9. The van der Waals surface area contributed by atoms with E-state index in [1.54, 1.807) is 12.1 Å². The first-order chi connectivity index (χ1) is 7.95. The molecule has 6 heteroatoms. The van der Waals surface area contributed by atoms with Gasteiger partial charge >= 0.3 is 10.2 Å². The zero-order valence-electron chi connectivity index (χ0n) is 10.2. The zero-order valence-corrected chi connectivity index (χ0v) is 11.0.